The van der Waals surface area contributed by atoms with Crippen molar-refractivity contribution in [1.29, 1.82) is 0 Å². The van der Waals surface area contributed by atoms with Crippen LogP contribution in [0.2, 0.25) is 0 Å². The van der Waals surface area contributed by atoms with E-state index in [1.165, 1.54) is 59.7 Å². The van der Waals surface area contributed by atoms with Gasteiger partial charge in [0.05, 0.1) is 27.8 Å². The maximum absolute atomic E-state index is 5.31. The van der Waals surface area contributed by atoms with Gasteiger partial charge in [-0.25, -0.2) is 9.98 Å². The van der Waals surface area contributed by atoms with Crippen LogP contribution in [0.1, 0.15) is 22.9 Å². The molecule has 0 saturated heterocycles. The summed E-state index contributed by atoms with van der Waals surface area (Å²) >= 11 is 0. The number of hydrogen-bond acceptors (Lipinski definition) is 3. The molecule has 0 saturated carbocycles. The molecule has 318 valence electrons. The lowest BCUT2D eigenvalue weighted by atomic mass is 9.94. The molecule has 2 aromatic heterocycles. The number of amidine groups is 2. The van der Waals surface area contributed by atoms with Crippen molar-refractivity contribution in [3.8, 4) is 22.5 Å². The highest BCUT2D eigenvalue weighted by Gasteiger charge is 2.26. The Balaban J connectivity index is 1.04. The third-order valence-electron chi connectivity index (χ3n) is 13.9. The van der Waals surface area contributed by atoms with Crippen molar-refractivity contribution in [1.82, 2.24) is 14.5 Å². The van der Waals surface area contributed by atoms with Crippen LogP contribution in [0.25, 0.3) is 98.4 Å². The fraction of sp³-hybridized carbons (Fsp3) is 0.0159. The van der Waals surface area contributed by atoms with Gasteiger partial charge in [-0.1, -0.05) is 194 Å². The average molecular weight is 868 g/mol. The van der Waals surface area contributed by atoms with E-state index in [4.69, 9.17) is 9.98 Å². The van der Waals surface area contributed by atoms with Gasteiger partial charge in [-0.15, -0.1) is 0 Å². The molecule has 5 heteroatoms. The van der Waals surface area contributed by atoms with Crippen LogP contribution in [0.5, 0.6) is 0 Å². The molecule has 14 rings (SSSR count). The summed E-state index contributed by atoms with van der Waals surface area (Å²) in [6, 6.07) is 85.4. The summed E-state index contributed by atoms with van der Waals surface area (Å²) in [5.41, 5.74) is 12.4. The van der Waals surface area contributed by atoms with E-state index >= 15 is 0 Å². The molecule has 1 N–H and O–H groups in total. The van der Waals surface area contributed by atoms with E-state index in [0.717, 1.165) is 61.2 Å². The largest absolute Gasteiger partial charge is 0.344 e. The number of hydrogen-bond donors (Lipinski definition) is 1. The number of nitrogens with one attached hydrogen (secondary N) is 1. The molecule has 5 nitrogen and oxygen atoms in total. The van der Waals surface area contributed by atoms with E-state index in [1.54, 1.807) is 0 Å². The lowest BCUT2D eigenvalue weighted by Crippen LogP contribution is -2.33. The molecule has 1 aliphatic heterocycles. The van der Waals surface area contributed by atoms with Crippen molar-refractivity contribution in [2.24, 2.45) is 9.98 Å². The molecule has 0 spiro atoms. The SMILES string of the molecule is c1ccc(C2=NC(c3ccc(-n4c5ccccc5c5cc6c7c8ccccc8c(-c8ccccc8)cc7n(-c7ccc8ccccc8c7)c6cc54)c4ccccc34)NC(c3ccccc3)=N2)cc1. The highest BCUT2D eigenvalue weighted by Crippen LogP contribution is 2.45. The molecule has 68 heavy (non-hydrogen) atoms. The summed E-state index contributed by atoms with van der Waals surface area (Å²) in [7, 11) is 0. The van der Waals surface area contributed by atoms with Crippen LogP contribution in [0.15, 0.2) is 247 Å². The molecule has 11 aromatic carbocycles. The van der Waals surface area contributed by atoms with Gasteiger partial charge in [0.1, 0.15) is 12.0 Å². The van der Waals surface area contributed by atoms with Crippen molar-refractivity contribution in [2.75, 3.05) is 0 Å². The zero-order valence-corrected chi connectivity index (χ0v) is 36.9. The van der Waals surface area contributed by atoms with Gasteiger partial charge in [0.2, 0.25) is 0 Å². The zero-order valence-electron chi connectivity index (χ0n) is 36.9. The first kappa shape index (κ1) is 38.2. The highest BCUT2D eigenvalue weighted by atomic mass is 15.2. The number of aromatic nitrogens is 2. The Kier molecular flexibility index (Phi) is 8.58. The minimum atomic E-state index is -0.372. The first-order chi connectivity index (χ1) is 33.7. The number of para-hydroxylation sites is 1. The summed E-state index contributed by atoms with van der Waals surface area (Å²) in [4.78, 5) is 10.4. The van der Waals surface area contributed by atoms with E-state index in [0.29, 0.717) is 5.84 Å². The zero-order chi connectivity index (χ0) is 44.7. The van der Waals surface area contributed by atoms with Gasteiger partial charge in [-0.05, 0) is 80.5 Å². The molecule has 0 aliphatic carbocycles. The number of aliphatic imine (C=N–C) groups is 2. The van der Waals surface area contributed by atoms with Gasteiger partial charge in [-0.2, -0.15) is 0 Å². The van der Waals surface area contributed by atoms with Crippen LogP contribution >= 0.6 is 0 Å². The van der Waals surface area contributed by atoms with Crippen molar-refractivity contribution >= 4 is 87.6 Å². The van der Waals surface area contributed by atoms with Crippen LogP contribution in [-0.4, -0.2) is 20.8 Å². The van der Waals surface area contributed by atoms with Gasteiger partial charge >= 0.3 is 0 Å². The second-order valence-corrected chi connectivity index (χ2v) is 17.7. The molecule has 0 radical (unpaired) electrons. The first-order valence-electron chi connectivity index (χ1n) is 23.3. The van der Waals surface area contributed by atoms with Crippen LogP contribution in [-0.2, 0) is 0 Å². The lowest BCUT2D eigenvalue weighted by Gasteiger charge is -2.25. The van der Waals surface area contributed by atoms with Crippen molar-refractivity contribution in [3.05, 3.63) is 253 Å². The summed E-state index contributed by atoms with van der Waals surface area (Å²) in [6.45, 7) is 0. The molecule has 0 fully saturated rings. The van der Waals surface area contributed by atoms with E-state index in [-0.39, 0.29) is 6.17 Å². The Morgan fingerprint density at radius 3 is 1.76 bits per heavy atom. The Labute approximate surface area is 392 Å². The fourth-order valence-electron chi connectivity index (χ4n) is 10.9. The van der Waals surface area contributed by atoms with Crippen LogP contribution in [0.4, 0.5) is 0 Å². The third-order valence-corrected chi connectivity index (χ3v) is 13.9. The van der Waals surface area contributed by atoms with Crippen LogP contribution < -0.4 is 5.32 Å². The first-order valence-corrected chi connectivity index (χ1v) is 23.3. The molecular weight excluding hydrogens is 827 g/mol. The predicted molar refractivity (Wildman–Crippen MR) is 285 cm³/mol. The van der Waals surface area contributed by atoms with Gasteiger partial charge in [0.25, 0.3) is 0 Å². The summed E-state index contributed by atoms with van der Waals surface area (Å²) in [5, 5.41) is 15.8. The third kappa shape index (κ3) is 5.96. The second-order valence-electron chi connectivity index (χ2n) is 17.7. The molecule has 0 bridgehead atoms. The number of nitrogens with zero attached hydrogens (tertiary/aromatic N) is 4. The molecule has 3 heterocycles. The Morgan fingerprint density at radius 1 is 0.368 bits per heavy atom. The van der Waals surface area contributed by atoms with E-state index in [1.807, 2.05) is 24.3 Å². The maximum atomic E-state index is 5.31. The minimum Gasteiger partial charge on any atom is -0.344 e. The fourth-order valence-corrected chi connectivity index (χ4v) is 10.9. The van der Waals surface area contributed by atoms with Gasteiger partial charge in [-0.3, -0.25) is 0 Å². The molecule has 13 aromatic rings. The summed E-state index contributed by atoms with van der Waals surface area (Å²) in [5.74, 6) is 1.51. The van der Waals surface area contributed by atoms with Crippen molar-refractivity contribution < 1.29 is 0 Å². The van der Waals surface area contributed by atoms with Crippen molar-refractivity contribution in [2.45, 2.75) is 6.17 Å². The standard InChI is InChI=1S/C63H41N5/c1-4-19-41(20-5-1)52-38-59-60(50-30-15-13-27-47(50)52)54-37-53-49-29-16-17-31-55(49)68(57(53)39-58(54)67(59)45-33-32-40-18-10-11-25-44(40)36-45)56-35-34-51(46-26-12-14-28-48(46)56)63-65-61(42-21-6-2-7-22-42)64-62(66-63)43-23-8-3-9-24-43/h1-39,63H,(H,64,65,66). The summed E-state index contributed by atoms with van der Waals surface area (Å²) < 4.78 is 4.98. The predicted octanol–water partition coefficient (Wildman–Crippen LogP) is 15.5. The normalized spacial score (nSPS) is 14.0. The Hall–Kier alpha value is -9.06. The number of benzene rings is 11. The molecule has 0 amide bonds. The van der Waals surface area contributed by atoms with Crippen LogP contribution in [0.3, 0.4) is 0 Å². The maximum Gasteiger partial charge on any atom is 0.159 e. The summed E-state index contributed by atoms with van der Waals surface area (Å²) in [6.07, 6.45) is -0.372. The molecular formula is C63H41N5. The van der Waals surface area contributed by atoms with Crippen LogP contribution in [0, 0.1) is 0 Å². The quantitative estimate of drug-likeness (QED) is 0.178. The lowest BCUT2D eigenvalue weighted by molar-refractivity contribution is 0.679. The van der Waals surface area contributed by atoms with Gasteiger partial charge in [0, 0.05) is 49.3 Å². The topological polar surface area (TPSA) is 46.6 Å². The van der Waals surface area contributed by atoms with Gasteiger partial charge in [0.15, 0.2) is 5.84 Å². The van der Waals surface area contributed by atoms with E-state index in [2.05, 4.69) is 227 Å². The Morgan fingerprint density at radius 2 is 0.985 bits per heavy atom. The van der Waals surface area contributed by atoms with Gasteiger partial charge < -0.3 is 14.5 Å². The monoisotopic (exact) mass is 867 g/mol. The smallest absolute Gasteiger partial charge is 0.159 e. The van der Waals surface area contributed by atoms with Crippen molar-refractivity contribution in [3.63, 3.8) is 0 Å². The average Bonchev–Trinajstić information content (AvgIpc) is 3.91. The molecule has 1 aliphatic rings. The number of fused-ring (bicyclic) bond motifs is 10. The molecule has 1 atom stereocenters. The second kappa shape index (κ2) is 15.3. The Bertz CT molecular complexity index is 4220. The highest BCUT2D eigenvalue weighted by molar-refractivity contribution is 6.27. The van der Waals surface area contributed by atoms with E-state index < -0.39 is 0 Å². The number of rotatable bonds is 6. The van der Waals surface area contributed by atoms with E-state index in [9.17, 15) is 0 Å². The minimum absolute atomic E-state index is 0.372. The molecule has 1 unspecified atom stereocenters.